The highest BCUT2D eigenvalue weighted by Gasteiger charge is 2.27. The van der Waals surface area contributed by atoms with Gasteiger partial charge in [0.1, 0.15) is 11.5 Å². The molecular weight excluding hydrogens is 416 g/mol. The van der Waals surface area contributed by atoms with Crippen molar-refractivity contribution in [3.8, 4) is 11.5 Å². The number of nitrogens with one attached hydrogen (secondary N) is 1. The van der Waals surface area contributed by atoms with Gasteiger partial charge in [-0.3, -0.25) is 4.79 Å². The van der Waals surface area contributed by atoms with Gasteiger partial charge in [-0.2, -0.15) is 0 Å². The van der Waals surface area contributed by atoms with Crippen LogP contribution in [0, 0.1) is 13.8 Å². The Kier molecular flexibility index (Phi) is 7.56. The number of likely N-dealkylation sites (tertiary alicyclic amines) is 1. The highest BCUT2D eigenvalue weighted by atomic mass is 32.2. The van der Waals surface area contributed by atoms with Crippen LogP contribution in [-0.4, -0.2) is 51.6 Å². The number of rotatable bonds is 8. The van der Waals surface area contributed by atoms with Crippen molar-refractivity contribution in [1.29, 1.82) is 0 Å². The van der Waals surface area contributed by atoms with Gasteiger partial charge in [0.15, 0.2) is 6.61 Å². The summed E-state index contributed by atoms with van der Waals surface area (Å²) in [7, 11) is -3.62. The molecule has 1 saturated heterocycles. The molecule has 0 spiro atoms. The summed E-state index contributed by atoms with van der Waals surface area (Å²) in [6.45, 7) is 7.32. The van der Waals surface area contributed by atoms with Crippen molar-refractivity contribution in [3.63, 3.8) is 0 Å². The molecule has 2 aromatic rings. The van der Waals surface area contributed by atoms with Gasteiger partial charge < -0.3 is 14.4 Å². The third-order valence-corrected chi connectivity index (χ3v) is 6.83. The van der Waals surface area contributed by atoms with E-state index in [1.165, 1.54) is 12.1 Å². The van der Waals surface area contributed by atoms with Gasteiger partial charge in [-0.1, -0.05) is 17.7 Å². The van der Waals surface area contributed by atoms with E-state index in [4.69, 9.17) is 9.47 Å². The van der Waals surface area contributed by atoms with Crippen LogP contribution in [0.5, 0.6) is 11.5 Å². The first-order valence-electron chi connectivity index (χ1n) is 10.5. The zero-order valence-corrected chi connectivity index (χ0v) is 19.1. The largest absolute Gasteiger partial charge is 0.494 e. The Morgan fingerprint density at radius 2 is 1.74 bits per heavy atom. The van der Waals surface area contributed by atoms with E-state index >= 15 is 0 Å². The first kappa shape index (κ1) is 23.1. The molecule has 7 nitrogen and oxygen atoms in total. The fourth-order valence-electron chi connectivity index (χ4n) is 3.61. The highest BCUT2D eigenvalue weighted by Crippen LogP contribution is 2.20. The number of carbonyl (C=O) groups is 1. The van der Waals surface area contributed by atoms with E-state index in [9.17, 15) is 13.2 Å². The average Bonchev–Trinajstić information content (AvgIpc) is 2.74. The molecule has 0 bridgehead atoms. The molecular formula is C23H30N2O5S. The lowest BCUT2D eigenvalue weighted by Crippen LogP contribution is -2.47. The summed E-state index contributed by atoms with van der Waals surface area (Å²) in [4.78, 5) is 14.4. The fraction of sp³-hybridized carbons (Fsp3) is 0.435. The zero-order chi connectivity index (χ0) is 22.4. The van der Waals surface area contributed by atoms with Gasteiger partial charge in [0.2, 0.25) is 10.0 Å². The lowest BCUT2D eigenvalue weighted by molar-refractivity contribution is -0.134. The molecule has 31 heavy (non-hydrogen) atoms. The molecule has 0 radical (unpaired) electrons. The summed E-state index contributed by atoms with van der Waals surface area (Å²) in [5.41, 5.74) is 2.14. The van der Waals surface area contributed by atoms with E-state index in [-0.39, 0.29) is 23.5 Å². The van der Waals surface area contributed by atoms with E-state index in [0.717, 1.165) is 11.1 Å². The summed E-state index contributed by atoms with van der Waals surface area (Å²) >= 11 is 0. The predicted molar refractivity (Wildman–Crippen MR) is 119 cm³/mol. The number of carbonyl (C=O) groups excluding carboxylic acids is 1. The van der Waals surface area contributed by atoms with Crippen LogP contribution in [0.4, 0.5) is 0 Å². The number of aryl methyl sites for hydroxylation is 2. The SMILES string of the molecule is CCOc1ccc(S(=O)(=O)NC2CCN(C(=O)COc3ccc(C)cc3C)CC2)cc1. The van der Waals surface area contributed by atoms with Crippen LogP contribution < -0.4 is 14.2 Å². The third kappa shape index (κ3) is 6.21. The van der Waals surface area contributed by atoms with Crippen molar-refractivity contribution < 1.29 is 22.7 Å². The van der Waals surface area contributed by atoms with Gasteiger partial charge in [-0.25, -0.2) is 13.1 Å². The molecule has 0 unspecified atom stereocenters. The quantitative estimate of drug-likeness (QED) is 0.674. The topological polar surface area (TPSA) is 84.9 Å². The minimum Gasteiger partial charge on any atom is -0.494 e. The van der Waals surface area contributed by atoms with Crippen molar-refractivity contribution in [2.75, 3.05) is 26.3 Å². The van der Waals surface area contributed by atoms with Gasteiger partial charge in [-0.15, -0.1) is 0 Å². The van der Waals surface area contributed by atoms with Crippen molar-refractivity contribution in [3.05, 3.63) is 53.6 Å². The van der Waals surface area contributed by atoms with Gasteiger partial charge in [0, 0.05) is 19.1 Å². The molecule has 3 rings (SSSR count). The smallest absolute Gasteiger partial charge is 0.260 e. The monoisotopic (exact) mass is 446 g/mol. The second-order valence-corrected chi connectivity index (χ2v) is 9.45. The Bertz CT molecular complexity index is 997. The Morgan fingerprint density at radius 3 is 2.35 bits per heavy atom. The summed E-state index contributed by atoms with van der Waals surface area (Å²) in [6, 6.07) is 12.0. The lowest BCUT2D eigenvalue weighted by Gasteiger charge is -2.32. The van der Waals surface area contributed by atoms with Gasteiger partial charge in [-0.05, 0) is 69.5 Å². The summed E-state index contributed by atoms with van der Waals surface area (Å²) in [5, 5.41) is 0. The molecule has 0 saturated carbocycles. The maximum Gasteiger partial charge on any atom is 0.260 e. The number of sulfonamides is 1. The maximum atomic E-state index is 12.6. The second-order valence-electron chi connectivity index (χ2n) is 7.74. The Morgan fingerprint density at radius 1 is 1.06 bits per heavy atom. The molecule has 1 aliphatic rings. The Labute approximate surface area is 184 Å². The standard InChI is InChI=1S/C23H30N2O5S/c1-4-29-20-6-8-21(9-7-20)31(27,28)24-19-11-13-25(14-12-19)23(26)16-30-22-10-5-17(2)15-18(22)3/h5-10,15,19,24H,4,11-14,16H2,1-3H3. The number of hydrogen-bond donors (Lipinski definition) is 1. The van der Waals surface area contributed by atoms with E-state index in [0.29, 0.717) is 44.0 Å². The lowest BCUT2D eigenvalue weighted by atomic mass is 10.1. The molecule has 2 aromatic carbocycles. The Hall–Kier alpha value is -2.58. The van der Waals surface area contributed by atoms with E-state index in [1.807, 2.05) is 39.0 Å². The first-order valence-corrected chi connectivity index (χ1v) is 12.0. The van der Waals surface area contributed by atoms with Crippen molar-refractivity contribution in [2.45, 2.75) is 44.6 Å². The van der Waals surface area contributed by atoms with Crippen LogP contribution in [0.3, 0.4) is 0 Å². The number of ether oxygens (including phenoxy) is 2. The van der Waals surface area contributed by atoms with Gasteiger partial charge in [0.25, 0.3) is 5.91 Å². The van der Waals surface area contributed by atoms with Crippen LogP contribution in [0.15, 0.2) is 47.4 Å². The minimum atomic E-state index is -3.62. The van der Waals surface area contributed by atoms with Crippen molar-refractivity contribution in [1.82, 2.24) is 9.62 Å². The predicted octanol–water partition coefficient (Wildman–Crippen LogP) is 3.05. The van der Waals surface area contributed by atoms with Gasteiger partial charge >= 0.3 is 0 Å². The molecule has 0 atom stereocenters. The van der Waals surface area contributed by atoms with Crippen LogP contribution in [0.25, 0.3) is 0 Å². The maximum absolute atomic E-state index is 12.6. The molecule has 0 aliphatic carbocycles. The molecule has 1 heterocycles. The molecule has 1 aliphatic heterocycles. The first-order chi connectivity index (χ1) is 14.8. The average molecular weight is 447 g/mol. The molecule has 1 N–H and O–H groups in total. The van der Waals surface area contributed by atoms with Gasteiger partial charge in [0.05, 0.1) is 11.5 Å². The van der Waals surface area contributed by atoms with Crippen molar-refractivity contribution >= 4 is 15.9 Å². The summed E-state index contributed by atoms with van der Waals surface area (Å²) < 4.78 is 39.1. The molecule has 0 aromatic heterocycles. The van der Waals surface area contributed by atoms with E-state index < -0.39 is 10.0 Å². The Balaban J connectivity index is 1.48. The molecule has 1 fully saturated rings. The van der Waals surface area contributed by atoms with E-state index in [1.54, 1.807) is 17.0 Å². The normalized spacial score (nSPS) is 15.0. The van der Waals surface area contributed by atoms with Crippen molar-refractivity contribution in [2.24, 2.45) is 0 Å². The number of amides is 1. The number of nitrogens with zero attached hydrogens (tertiary/aromatic N) is 1. The fourth-order valence-corrected chi connectivity index (χ4v) is 4.91. The van der Waals surface area contributed by atoms with E-state index in [2.05, 4.69) is 4.72 Å². The van der Waals surface area contributed by atoms with Crippen LogP contribution in [0.1, 0.15) is 30.9 Å². The second kappa shape index (κ2) is 10.2. The van der Waals surface area contributed by atoms with Crippen LogP contribution >= 0.6 is 0 Å². The minimum absolute atomic E-state index is 0.0214. The third-order valence-electron chi connectivity index (χ3n) is 5.30. The number of hydrogen-bond acceptors (Lipinski definition) is 5. The summed E-state index contributed by atoms with van der Waals surface area (Å²) in [5.74, 6) is 1.25. The number of piperidine rings is 1. The number of benzene rings is 2. The molecule has 1 amide bonds. The van der Waals surface area contributed by atoms with Crippen LogP contribution in [0.2, 0.25) is 0 Å². The zero-order valence-electron chi connectivity index (χ0n) is 18.3. The highest BCUT2D eigenvalue weighted by molar-refractivity contribution is 7.89. The molecule has 168 valence electrons. The molecule has 8 heteroatoms. The van der Waals surface area contributed by atoms with Crippen LogP contribution in [-0.2, 0) is 14.8 Å². The summed E-state index contributed by atoms with van der Waals surface area (Å²) in [6.07, 6.45) is 1.12.